The fourth-order valence-electron chi connectivity index (χ4n) is 2.94. The summed E-state index contributed by atoms with van der Waals surface area (Å²) in [6.07, 6.45) is 1.75. The maximum absolute atomic E-state index is 12.5. The van der Waals surface area contributed by atoms with Crippen molar-refractivity contribution in [1.82, 2.24) is 0 Å². The highest BCUT2D eigenvalue weighted by atomic mass is 16.5. The first-order valence-corrected chi connectivity index (χ1v) is 8.62. The number of Topliss-reactive ketones (excluding diaryl/α,β-unsaturated/α-hetero) is 1. The molecule has 0 N–H and O–H groups in total. The number of hydrogen-bond acceptors (Lipinski definition) is 4. The maximum atomic E-state index is 12.5. The van der Waals surface area contributed by atoms with Gasteiger partial charge in [0.15, 0.2) is 5.76 Å². The molecule has 0 fully saturated rings. The Balaban J connectivity index is 1.52. The van der Waals surface area contributed by atoms with Crippen LogP contribution in [-0.4, -0.2) is 12.9 Å². The van der Waals surface area contributed by atoms with Crippen LogP contribution in [0, 0.1) is 0 Å². The summed E-state index contributed by atoms with van der Waals surface area (Å²) < 4.78 is 17.0. The highest BCUT2D eigenvalue weighted by Crippen LogP contribution is 2.35. The lowest BCUT2D eigenvalue weighted by molar-refractivity contribution is 0.101. The predicted molar refractivity (Wildman–Crippen MR) is 103 cm³/mol. The van der Waals surface area contributed by atoms with Crippen molar-refractivity contribution in [3.05, 3.63) is 95.2 Å². The topological polar surface area (TPSA) is 44.8 Å². The fourth-order valence-corrected chi connectivity index (χ4v) is 2.94. The summed E-state index contributed by atoms with van der Waals surface area (Å²) in [5.41, 5.74) is 2.41. The van der Waals surface area contributed by atoms with Gasteiger partial charge >= 0.3 is 0 Å². The molecule has 1 aliphatic rings. The number of carbonyl (C=O) groups is 1. The van der Waals surface area contributed by atoms with Crippen LogP contribution in [0.5, 0.6) is 17.2 Å². The highest BCUT2D eigenvalue weighted by molar-refractivity contribution is 6.14. The van der Waals surface area contributed by atoms with Crippen molar-refractivity contribution in [1.29, 1.82) is 0 Å². The number of carbonyl (C=O) groups excluding carboxylic acids is 1. The fraction of sp³-hybridized carbons (Fsp3) is 0.0870. The van der Waals surface area contributed by atoms with Crippen LogP contribution in [-0.2, 0) is 6.61 Å². The second kappa shape index (κ2) is 7.38. The molecule has 0 saturated heterocycles. The van der Waals surface area contributed by atoms with Crippen molar-refractivity contribution >= 4 is 11.9 Å². The number of fused-ring (bicyclic) bond motifs is 1. The molecule has 1 aliphatic heterocycles. The largest absolute Gasteiger partial charge is 0.496 e. The van der Waals surface area contributed by atoms with Crippen LogP contribution < -0.4 is 14.2 Å². The Morgan fingerprint density at radius 1 is 0.963 bits per heavy atom. The van der Waals surface area contributed by atoms with Gasteiger partial charge in [0.25, 0.3) is 0 Å². The summed E-state index contributed by atoms with van der Waals surface area (Å²) in [6, 6.07) is 22.6. The molecule has 0 unspecified atom stereocenters. The van der Waals surface area contributed by atoms with Crippen molar-refractivity contribution in [2.45, 2.75) is 6.61 Å². The van der Waals surface area contributed by atoms with Gasteiger partial charge in [0.1, 0.15) is 23.9 Å². The highest BCUT2D eigenvalue weighted by Gasteiger charge is 2.27. The van der Waals surface area contributed by atoms with E-state index in [-0.39, 0.29) is 5.78 Å². The maximum Gasteiger partial charge on any atom is 0.231 e. The molecule has 0 aromatic heterocycles. The van der Waals surface area contributed by atoms with E-state index in [0.717, 1.165) is 16.9 Å². The van der Waals surface area contributed by atoms with E-state index in [2.05, 4.69) is 0 Å². The van der Waals surface area contributed by atoms with Gasteiger partial charge in [-0.2, -0.15) is 0 Å². The molecule has 3 aromatic carbocycles. The zero-order chi connectivity index (χ0) is 18.6. The second-order valence-corrected chi connectivity index (χ2v) is 6.11. The van der Waals surface area contributed by atoms with E-state index < -0.39 is 0 Å². The molecule has 27 heavy (non-hydrogen) atoms. The molecule has 3 aromatic rings. The lowest BCUT2D eigenvalue weighted by Gasteiger charge is -2.10. The summed E-state index contributed by atoms with van der Waals surface area (Å²) in [5.74, 6) is 2.12. The standard InChI is InChI=1S/C23H18O4/c1-25-20-10-6-5-9-17(20)15-26-18-11-12-19-21(14-18)27-22(23(19)24)13-16-7-3-2-4-8-16/h2-14H,15H2,1H3/b22-13-. The molecule has 4 rings (SSSR count). The smallest absolute Gasteiger partial charge is 0.231 e. The van der Waals surface area contributed by atoms with Gasteiger partial charge in [0.05, 0.1) is 12.7 Å². The van der Waals surface area contributed by atoms with Crippen molar-refractivity contribution in [3.8, 4) is 17.2 Å². The summed E-state index contributed by atoms with van der Waals surface area (Å²) in [4.78, 5) is 12.5. The molecule has 134 valence electrons. The number of hydrogen-bond donors (Lipinski definition) is 0. The average molecular weight is 358 g/mol. The Morgan fingerprint density at radius 3 is 2.56 bits per heavy atom. The number of para-hydroxylation sites is 1. The van der Waals surface area contributed by atoms with Gasteiger partial charge in [-0.15, -0.1) is 0 Å². The number of methoxy groups -OCH3 is 1. The van der Waals surface area contributed by atoms with Crippen LogP contribution in [0.2, 0.25) is 0 Å². The van der Waals surface area contributed by atoms with E-state index in [1.165, 1.54) is 0 Å². The first-order chi connectivity index (χ1) is 13.2. The van der Waals surface area contributed by atoms with Gasteiger partial charge < -0.3 is 14.2 Å². The van der Waals surface area contributed by atoms with Crippen LogP contribution in [0.25, 0.3) is 6.08 Å². The van der Waals surface area contributed by atoms with Crippen molar-refractivity contribution in [2.24, 2.45) is 0 Å². The van der Waals surface area contributed by atoms with Crippen LogP contribution in [0.15, 0.2) is 78.6 Å². The van der Waals surface area contributed by atoms with E-state index in [9.17, 15) is 4.79 Å². The lowest BCUT2D eigenvalue weighted by Crippen LogP contribution is -1.99. The first kappa shape index (κ1) is 16.9. The van der Waals surface area contributed by atoms with E-state index in [4.69, 9.17) is 14.2 Å². The third kappa shape index (κ3) is 3.55. The molecule has 0 bridgehead atoms. The number of ketones is 1. The van der Waals surface area contributed by atoms with Gasteiger partial charge in [0.2, 0.25) is 5.78 Å². The normalized spacial score (nSPS) is 14.0. The molecule has 4 nitrogen and oxygen atoms in total. The lowest BCUT2D eigenvalue weighted by atomic mass is 10.1. The van der Waals surface area contributed by atoms with Crippen LogP contribution in [0.3, 0.4) is 0 Å². The Bertz CT molecular complexity index is 1010. The zero-order valence-corrected chi connectivity index (χ0v) is 14.8. The van der Waals surface area contributed by atoms with E-state index in [0.29, 0.717) is 29.4 Å². The minimum atomic E-state index is -0.120. The summed E-state index contributed by atoms with van der Waals surface area (Å²) in [7, 11) is 1.63. The zero-order valence-electron chi connectivity index (χ0n) is 14.8. The Labute approximate surface area is 157 Å². The quantitative estimate of drug-likeness (QED) is 0.609. The van der Waals surface area contributed by atoms with Gasteiger partial charge in [-0.1, -0.05) is 48.5 Å². The van der Waals surface area contributed by atoms with E-state index in [1.54, 1.807) is 31.4 Å². The van der Waals surface area contributed by atoms with E-state index in [1.807, 2.05) is 54.6 Å². The minimum absolute atomic E-state index is 0.120. The van der Waals surface area contributed by atoms with Crippen molar-refractivity contribution < 1.29 is 19.0 Å². The molecule has 0 radical (unpaired) electrons. The van der Waals surface area contributed by atoms with Gasteiger partial charge in [0, 0.05) is 11.6 Å². The van der Waals surface area contributed by atoms with Crippen molar-refractivity contribution in [2.75, 3.05) is 7.11 Å². The van der Waals surface area contributed by atoms with E-state index >= 15 is 0 Å². The number of allylic oxidation sites excluding steroid dienone is 1. The molecule has 0 aliphatic carbocycles. The molecular formula is C23H18O4. The monoisotopic (exact) mass is 358 g/mol. The molecule has 0 amide bonds. The number of benzene rings is 3. The average Bonchev–Trinajstić information content (AvgIpc) is 3.02. The molecule has 1 heterocycles. The van der Waals surface area contributed by atoms with Gasteiger partial charge in [-0.05, 0) is 29.8 Å². The summed E-state index contributed by atoms with van der Waals surface area (Å²) in [5, 5.41) is 0. The Morgan fingerprint density at radius 2 is 1.74 bits per heavy atom. The number of rotatable bonds is 5. The van der Waals surface area contributed by atoms with Crippen LogP contribution in [0.1, 0.15) is 21.5 Å². The third-order valence-electron chi connectivity index (χ3n) is 4.33. The second-order valence-electron chi connectivity index (χ2n) is 6.11. The number of ether oxygens (including phenoxy) is 3. The molecule has 4 heteroatoms. The first-order valence-electron chi connectivity index (χ1n) is 8.62. The third-order valence-corrected chi connectivity index (χ3v) is 4.33. The Kier molecular flexibility index (Phi) is 4.62. The SMILES string of the molecule is COc1ccccc1COc1ccc2c(c1)O/C(=C\c1ccccc1)C2=O. The molecule has 0 saturated carbocycles. The van der Waals surface area contributed by atoms with Crippen LogP contribution in [0.4, 0.5) is 0 Å². The minimum Gasteiger partial charge on any atom is -0.496 e. The molecule has 0 atom stereocenters. The van der Waals surface area contributed by atoms with Crippen LogP contribution >= 0.6 is 0 Å². The van der Waals surface area contributed by atoms with Gasteiger partial charge in [-0.25, -0.2) is 0 Å². The predicted octanol–water partition coefficient (Wildman–Crippen LogP) is 4.89. The summed E-state index contributed by atoms with van der Waals surface area (Å²) >= 11 is 0. The summed E-state index contributed by atoms with van der Waals surface area (Å²) in [6.45, 7) is 0.365. The molecule has 0 spiro atoms. The Hall–Kier alpha value is -3.53. The van der Waals surface area contributed by atoms with Gasteiger partial charge in [-0.3, -0.25) is 4.79 Å². The van der Waals surface area contributed by atoms with Crippen molar-refractivity contribution in [3.63, 3.8) is 0 Å². The molecular weight excluding hydrogens is 340 g/mol.